The van der Waals surface area contributed by atoms with Crippen molar-refractivity contribution in [3.8, 4) is 0 Å². The third kappa shape index (κ3) is 11.1. The first kappa shape index (κ1) is 14.2. The fourth-order valence-corrected chi connectivity index (χ4v) is 1.45. The Balaban J connectivity index is 3.05. The van der Waals surface area contributed by atoms with Crippen molar-refractivity contribution in [2.75, 3.05) is 7.11 Å². The van der Waals surface area contributed by atoms with Crippen LogP contribution in [0.4, 0.5) is 0 Å². The third-order valence-corrected chi connectivity index (χ3v) is 2.38. The maximum absolute atomic E-state index is 10.8. The van der Waals surface area contributed by atoms with Gasteiger partial charge in [-0.1, -0.05) is 38.3 Å². The molecule has 88 valence electrons. The molecule has 0 aliphatic rings. The minimum atomic E-state index is -0.0825. The van der Waals surface area contributed by atoms with E-state index in [1.807, 2.05) is 0 Å². The fourth-order valence-electron chi connectivity index (χ4n) is 1.45. The van der Waals surface area contributed by atoms with Gasteiger partial charge in [0.15, 0.2) is 0 Å². The number of ether oxygens (including phenoxy) is 1. The molecule has 0 heterocycles. The van der Waals surface area contributed by atoms with E-state index in [9.17, 15) is 4.79 Å². The molecule has 2 heteroatoms. The Kier molecular flexibility index (Phi) is 10.7. The van der Waals surface area contributed by atoms with E-state index >= 15 is 0 Å². The summed E-state index contributed by atoms with van der Waals surface area (Å²) in [4.78, 5) is 10.8. The summed E-state index contributed by atoms with van der Waals surface area (Å²) in [6.07, 6.45) is 13.3. The standard InChI is InChI=1S/C13H24O2/c1-3-4-5-6-7-8-9-10-11-12-13(14)15-2/h4-5H,3,6-12H2,1-2H3/b5-4-. The number of carbonyl (C=O) groups is 1. The van der Waals surface area contributed by atoms with Gasteiger partial charge in [0.05, 0.1) is 7.11 Å². The van der Waals surface area contributed by atoms with E-state index in [0.717, 1.165) is 19.3 Å². The molecule has 15 heavy (non-hydrogen) atoms. The van der Waals surface area contributed by atoms with Crippen molar-refractivity contribution in [2.45, 2.75) is 58.3 Å². The molecule has 0 atom stereocenters. The first-order chi connectivity index (χ1) is 7.31. The quantitative estimate of drug-likeness (QED) is 0.329. The van der Waals surface area contributed by atoms with Crippen LogP contribution in [0, 0.1) is 0 Å². The predicted octanol–water partition coefficient (Wildman–Crippen LogP) is 3.86. The first-order valence-corrected chi connectivity index (χ1v) is 6.03. The zero-order chi connectivity index (χ0) is 11.4. The summed E-state index contributed by atoms with van der Waals surface area (Å²) in [7, 11) is 1.45. The maximum Gasteiger partial charge on any atom is 0.305 e. The van der Waals surface area contributed by atoms with Crippen molar-refractivity contribution in [1.82, 2.24) is 0 Å². The van der Waals surface area contributed by atoms with Crippen LogP contribution in [0.5, 0.6) is 0 Å². The van der Waals surface area contributed by atoms with Crippen molar-refractivity contribution in [3.63, 3.8) is 0 Å². The van der Waals surface area contributed by atoms with Crippen molar-refractivity contribution in [2.24, 2.45) is 0 Å². The molecular formula is C13H24O2. The lowest BCUT2D eigenvalue weighted by Crippen LogP contribution is -1.98. The van der Waals surface area contributed by atoms with Crippen molar-refractivity contribution >= 4 is 5.97 Å². The fraction of sp³-hybridized carbons (Fsp3) is 0.769. The monoisotopic (exact) mass is 212 g/mol. The van der Waals surface area contributed by atoms with E-state index in [-0.39, 0.29) is 5.97 Å². The summed E-state index contributed by atoms with van der Waals surface area (Å²) in [6, 6.07) is 0. The summed E-state index contributed by atoms with van der Waals surface area (Å²) >= 11 is 0. The molecule has 0 aromatic rings. The van der Waals surface area contributed by atoms with Crippen LogP contribution >= 0.6 is 0 Å². The lowest BCUT2D eigenvalue weighted by Gasteiger charge is -1.99. The highest BCUT2D eigenvalue weighted by molar-refractivity contribution is 5.68. The van der Waals surface area contributed by atoms with Gasteiger partial charge in [-0.15, -0.1) is 0 Å². The van der Waals surface area contributed by atoms with Crippen molar-refractivity contribution < 1.29 is 9.53 Å². The molecule has 0 aromatic heterocycles. The Labute approximate surface area is 93.7 Å². The van der Waals surface area contributed by atoms with Gasteiger partial charge in [0, 0.05) is 6.42 Å². The average Bonchev–Trinajstić information content (AvgIpc) is 2.26. The zero-order valence-corrected chi connectivity index (χ0v) is 10.1. The number of rotatable bonds is 9. The molecule has 0 saturated carbocycles. The summed E-state index contributed by atoms with van der Waals surface area (Å²) in [5.74, 6) is -0.0825. The van der Waals surface area contributed by atoms with Crippen LogP contribution in [-0.2, 0) is 9.53 Å². The molecule has 0 saturated heterocycles. The average molecular weight is 212 g/mol. The van der Waals surface area contributed by atoms with E-state index in [1.54, 1.807) is 0 Å². The smallest absolute Gasteiger partial charge is 0.305 e. The molecular weight excluding hydrogens is 188 g/mol. The second kappa shape index (κ2) is 11.3. The van der Waals surface area contributed by atoms with Crippen molar-refractivity contribution in [3.05, 3.63) is 12.2 Å². The normalized spacial score (nSPS) is 10.8. The molecule has 0 unspecified atom stereocenters. The number of hydrogen-bond donors (Lipinski definition) is 0. The van der Waals surface area contributed by atoms with Gasteiger partial charge >= 0.3 is 5.97 Å². The highest BCUT2D eigenvalue weighted by atomic mass is 16.5. The molecule has 0 N–H and O–H groups in total. The van der Waals surface area contributed by atoms with Crippen LogP contribution in [0.15, 0.2) is 12.2 Å². The molecule has 0 aliphatic heterocycles. The lowest BCUT2D eigenvalue weighted by atomic mass is 10.1. The van der Waals surface area contributed by atoms with Crippen LogP contribution in [0.2, 0.25) is 0 Å². The van der Waals surface area contributed by atoms with Crippen LogP contribution < -0.4 is 0 Å². The van der Waals surface area contributed by atoms with Gasteiger partial charge in [0.2, 0.25) is 0 Å². The molecule has 0 aliphatic carbocycles. The Morgan fingerprint density at radius 3 is 2.40 bits per heavy atom. The van der Waals surface area contributed by atoms with Gasteiger partial charge in [0.1, 0.15) is 0 Å². The van der Waals surface area contributed by atoms with Crippen LogP contribution in [-0.4, -0.2) is 13.1 Å². The molecule has 0 rings (SSSR count). The van der Waals surface area contributed by atoms with Crippen molar-refractivity contribution in [1.29, 1.82) is 0 Å². The number of allylic oxidation sites excluding steroid dienone is 2. The van der Waals surface area contributed by atoms with Gasteiger partial charge in [0.25, 0.3) is 0 Å². The highest BCUT2D eigenvalue weighted by Crippen LogP contribution is 2.08. The molecule has 0 aromatic carbocycles. The molecule has 0 fully saturated rings. The number of carbonyl (C=O) groups excluding carboxylic acids is 1. The predicted molar refractivity (Wildman–Crippen MR) is 63.8 cm³/mol. The first-order valence-electron chi connectivity index (χ1n) is 6.03. The molecule has 0 bridgehead atoms. The summed E-state index contributed by atoms with van der Waals surface area (Å²) in [5, 5.41) is 0. The number of methoxy groups -OCH3 is 1. The molecule has 2 nitrogen and oxygen atoms in total. The third-order valence-electron chi connectivity index (χ3n) is 2.38. The van der Waals surface area contributed by atoms with E-state index < -0.39 is 0 Å². The van der Waals surface area contributed by atoms with Gasteiger partial charge in [-0.2, -0.15) is 0 Å². The van der Waals surface area contributed by atoms with Gasteiger partial charge in [-0.25, -0.2) is 0 Å². The SMILES string of the molecule is CC/C=C\CCCCCCCC(=O)OC. The van der Waals surface area contributed by atoms with Crippen LogP contribution in [0.1, 0.15) is 58.3 Å². The van der Waals surface area contributed by atoms with Crippen LogP contribution in [0.25, 0.3) is 0 Å². The Morgan fingerprint density at radius 2 is 1.73 bits per heavy atom. The van der Waals surface area contributed by atoms with E-state index in [1.165, 1.54) is 32.8 Å². The molecule has 0 spiro atoms. The van der Waals surface area contributed by atoms with Gasteiger partial charge in [-0.3, -0.25) is 4.79 Å². The summed E-state index contributed by atoms with van der Waals surface area (Å²) in [5.41, 5.74) is 0. The number of hydrogen-bond acceptors (Lipinski definition) is 2. The van der Waals surface area contributed by atoms with Crippen LogP contribution in [0.3, 0.4) is 0 Å². The zero-order valence-electron chi connectivity index (χ0n) is 10.1. The number of esters is 1. The largest absolute Gasteiger partial charge is 0.469 e. The van der Waals surface area contributed by atoms with E-state index in [4.69, 9.17) is 0 Å². The Hall–Kier alpha value is -0.790. The van der Waals surface area contributed by atoms with Gasteiger partial charge in [-0.05, 0) is 25.7 Å². The second-order valence-electron chi connectivity index (χ2n) is 3.76. The molecule has 0 amide bonds. The second-order valence-corrected chi connectivity index (χ2v) is 3.76. The molecule has 0 radical (unpaired) electrons. The van der Waals surface area contributed by atoms with E-state index in [0.29, 0.717) is 6.42 Å². The number of unbranched alkanes of at least 4 members (excludes halogenated alkanes) is 5. The lowest BCUT2D eigenvalue weighted by molar-refractivity contribution is -0.140. The minimum absolute atomic E-state index is 0.0825. The highest BCUT2D eigenvalue weighted by Gasteiger charge is 1.98. The Bertz CT molecular complexity index is 173. The van der Waals surface area contributed by atoms with Gasteiger partial charge < -0.3 is 4.74 Å². The summed E-state index contributed by atoms with van der Waals surface area (Å²) in [6.45, 7) is 2.16. The summed E-state index contributed by atoms with van der Waals surface area (Å²) < 4.78 is 4.57. The Morgan fingerprint density at radius 1 is 1.07 bits per heavy atom. The van der Waals surface area contributed by atoms with E-state index in [2.05, 4.69) is 23.8 Å². The minimum Gasteiger partial charge on any atom is -0.469 e. The topological polar surface area (TPSA) is 26.3 Å². The maximum atomic E-state index is 10.8.